The van der Waals surface area contributed by atoms with Crippen LogP contribution in [0.15, 0.2) is 54.6 Å². The van der Waals surface area contributed by atoms with Crippen LogP contribution in [0.5, 0.6) is 0 Å². The Balaban J connectivity index is 1.89. The highest BCUT2D eigenvalue weighted by Gasteiger charge is 2.49. The molecule has 1 fully saturated rings. The summed E-state index contributed by atoms with van der Waals surface area (Å²) in [6.45, 7) is 5.44. The Morgan fingerprint density at radius 3 is 2.22 bits per heavy atom. The molecule has 0 aliphatic carbocycles. The summed E-state index contributed by atoms with van der Waals surface area (Å²) >= 11 is 0. The van der Waals surface area contributed by atoms with E-state index in [1.807, 2.05) is 54.6 Å². The Kier molecular flexibility index (Phi) is 7.36. The van der Waals surface area contributed by atoms with Crippen molar-refractivity contribution in [2.75, 3.05) is 18.8 Å². The first kappa shape index (κ1) is 23.9. The minimum absolute atomic E-state index is 0.0808. The van der Waals surface area contributed by atoms with E-state index in [1.54, 1.807) is 6.92 Å². The Hall–Kier alpha value is -2.71. The second-order valence-electron chi connectivity index (χ2n) is 8.26. The minimum atomic E-state index is -3.63. The molecule has 8 heteroatoms. The number of benzene rings is 2. The lowest BCUT2D eigenvalue weighted by atomic mass is 9.94. The van der Waals surface area contributed by atoms with Crippen molar-refractivity contribution in [3.05, 3.63) is 71.3 Å². The van der Waals surface area contributed by atoms with Gasteiger partial charge in [-0.05, 0) is 37.0 Å². The number of carbonyl (C=O) groups is 2. The molecule has 2 aromatic rings. The molecular formula is C24H31N3O4S. The number of amides is 2. The SMILES string of the molecule is CCc1ccc(CN2C(=O)CN(S(=O)(=O)CC)CC2(C)C(=O)NCc2ccccc2)cc1. The van der Waals surface area contributed by atoms with E-state index in [0.717, 1.165) is 21.9 Å². The lowest BCUT2D eigenvalue weighted by molar-refractivity contribution is -0.153. The van der Waals surface area contributed by atoms with Crippen molar-refractivity contribution in [3.8, 4) is 0 Å². The Labute approximate surface area is 190 Å². The van der Waals surface area contributed by atoms with Gasteiger partial charge in [0.05, 0.1) is 12.3 Å². The molecule has 3 rings (SSSR count). The monoisotopic (exact) mass is 457 g/mol. The van der Waals surface area contributed by atoms with E-state index in [9.17, 15) is 18.0 Å². The number of hydrogen-bond donors (Lipinski definition) is 1. The van der Waals surface area contributed by atoms with Crippen molar-refractivity contribution in [3.63, 3.8) is 0 Å². The Morgan fingerprint density at radius 1 is 1.00 bits per heavy atom. The number of carbonyl (C=O) groups excluding carboxylic acids is 2. The highest BCUT2D eigenvalue weighted by Crippen LogP contribution is 2.27. The summed E-state index contributed by atoms with van der Waals surface area (Å²) in [6, 6.07) is 17.4. The van der Waals surface area contributed by atoms with Crippen molar-refractivity contribution < 1.29 is 18.0 Å². The summed E-state index contributed by atoms with van der Waals surface area (Å²) < 4.78 is 26.2. The second kappa shape index (κ2) is 9.83. The molecule has 1 atom stereocenters. The largest absolute Gasteiger partial charge is 0.350 e. The van der Waals surface area contributed by atoms with E-state index in [2.05, 4.69) is 12.2 Å². The number of hydrogen-bond acceptors (Lipinski definition) is 4. The van der Waals surface area contributed by atoms with E-state index in [4.69, 9.17) is 0 Å². The first-order valence-electron chi connectivity index (χ1n) is 10.9. The highest BCUT2D eigenvalue weighted by molar-refractivity contribution is 7.89. The Bertz CT molecular complexity index is 1050. The average Bonchev–Trinajstić information content (AvgIpc) is 2.80. The number of aryl methyl sites for hydroxylation is 1. The standard InChI is InChI=1S/C24H31N3O4S/c1-4-19-11-13-21(14-12-19)16-27-22(28)17-26(32(30,31)5-2)18-24(27,3)23(29)25-15-20-9-7-6-8-10-20/h6-14H,4-5,15-18H2,1-3H3,(H,25,29). The van der Waals surface area contributed by atoms with Crippen LogP contribution < -0.4 is 5.32 Å². The molecule has 172 valence electrons. The van der Waals surface area contributed by atoms with E-state index < -0.39 is 15.6 Å². The van der Waals surface area contributed by atoms with Crippen LogP contribution in [0, 0.1) is 0 Å². The third kappa shape index (κ3) is 5.19. The van der Waals surface area contributed by atoms with Crippen LogP contribution in [0.3, 0.4) is 0 Å². The van der Waals surface area contributed by atoms with Gasteiger partial charge in [-0.15, -0.1) is 0 Å². The van der Waals surface area contributed by atoms with Crippen LogP contribution in [0.2, 0.25) is 0 Å². The third-order valence-electron chi connectivity index (χ3n) is 6.01. The molecule has 0 spiro atoms. The average molecular weight is 458 g/mol. The van der Waals surface area contributed by atoms with Crippen LogP contribution in [-0.4, -0.2) is 53.8 Å². The predicted molar refractivity (Wildman–Crippen MR) is 124 cm³/mol. The van der Waals surface area contributed by atoms with Crippen LogP contribution in [-0.2, 0) is 39.1 Å². The van der Waals surface area contributed by atoms with Gasteiger partial charge in [-0.25, -0.2) is 8.42 Å². The molecule has 32 heavy (non-hydrogen) atoms. The predicted octanol–water partition coefficient (Wildman–Crippen LogP) is 2.32. The fourth-order valence-corrected chi connectivity index (χ4v) is 4.98. The molecule has 1 aliphatic rings. The molecule has 1 heterocycles. The fourth-order valence-electron chi connectivity index (χ4n) is 3.86. The number of nitrogens with zero attached hydrogens (tertiary/aromatic N) is 2. The molecule has 0 radical (unpaired) electrons. The zero-order valence-electron chi connectivity index (χ0n) is 18.9. The molecule has 2 amide bonds. The quantitative estimate of drug-likeness (QED) is 0.659. The van der Waals surface area contributed by atoms with E-state index >= 15 is 0 Å². The molecular weight excluding hydrogens is 426 g/mol. The maximum absolute atomic E-state index is 13.4. The normalized spacial score (nSPS) is 19.7. The smallest absolute Gasteiger partial charge is 0.247 e. The van der Waals surface area contributed by atoms with Crippen LogP contribution in [0.25, 0.3) is 0 Å². The summed E-state index contributed by atoms with van der Waals surface area (Å²) in [5.41, 5.74) is 1.66. The molecule has 1 N–H and O–H groups in total. The fraction of sp³-hybridized carbons (Fsp3) is 0.417. The summed E-state index contributed by atoms with van der Waals surface area (Å²) in [5, 5.41) is 2.90. The maximum atomic E-state index is 13.4. The summed E-state index contributed by atoms with van der Waals surface area (Å²) in [7, 11) is -3.63. The number of nitrogens with one attached hydrogen (secondary N) is 1. The Morgan fingerprint density at radius 2 is 1.62 bits per heavy atom. The number of sulfonamides is 1. The van der Waals surface area contributed by atoms with Gasteiger partial charge in [0.25, 0.3) is 0 Å². The van der Waals surface area contributed by atoms with Gasteiger partial charge in [0.2, 0.25) is 21.8 Å². The highest BCUT2D eigenvalue weighted by atomic mass is 32.2. The molecule has 0 bridgehead atoms. The van der Waals surface area contributed by atoms with Gasteiger partial charge in [-0.3, -0.25) is 9.59 Å². The summed E-state index contributed by atoms with van der Waals surface area (Å²) in [6.07, 6.45) is 0.909. The molecule has 0 saturated carbocycles. The van der Waals surface area contributed by atoms with Crippen LogP contribution in [0.1, 0.15) is 37.5 Å². The van der Waals surface area contributed by atoms with Crippen molar-refractivity contribution in [1.82, 2.24) is 14.5 Å². The van der Waals surface area contributed by atoms with Gasteiger partial charge in [0.1, 0.15) is 5.54 Å². The topological polar surface area (TPSA) is 86.8 Å². The van der Waals surface area contributed by atoms with Crippen LogP contribution in [0.4, 0.5) is 0 Å². The molecule has 1 saturated heterocycles. The molecule has 0 aromatic heterocycles. The third-order valence-corrected chi connectivity index (χ3v) is 7.78. The van der Waals surface area contributed by atoms with Gasteiger partial charge >= 0.3 is 0 Å². The lowest BCUT2D eigenvalue weighted by Crippen LogP contribution is -2.69. The maximum Gasteiger partial charge on any atom is 0.247 e. The first-order valence-corrected chi connectivity index (χ1v) is 12.5. The van der Waals surface area contributed by atoms with E-state index in [-0.39, 0.29) is 37.2 Å². The molecule has 2 aromatic carbocycles. The van der Waals surface area contributed by atoms with Crippen molar-refractivity contribution >= 4 is 21.8 Å². The minimum Gasteiger partial charge on any atom is -0.350 e. The molecule has 7 nitrogen and oxygen atoms in total. The van der Waals surface area contributed by atoms with Gasteiger partial charge in [0.15, 0.2) is 0 Å². The second-order valence-corrected chi connectivity index (χ2v) is 10.5. The van der Waals surface area contributed by atoms with Gasteiger partial charge in [0, 0.05) is 19.6 Å². The van der Waals surface area contributed by atoms with Crippen molar-refractivity contribution in [2.45, 2.75) is 45.8 Å². The van der Waals surface area contributed by atoms with E-state index in [1.165, 1.54) is 17.4 Å². The van der Waals surface area contributed by atoms with Gasteiger partial charge < -0.3 is 10.2 Å². The van der Waals surface area contributed by atoms with Crippen LogP contribution >= 0.6 is 0 Å². The lowest BCUT2D eigenvalue weighted by Gasteiger charge is -2.46. The van der Waals surface area contributed by atoms with Gasteiger partial charge in [-0.1, -0.05) is 61.5 Å². The molecule has 1 aliphatic heterocycles. The summed E-state index contributed by atoms with van der Waals surface area (Å²) in [4.78, 5) is 28.0. The zero-order valence-corrected chi connectivity index (χ0v) is 19.7. The zero-order chi connectivity index (χ0) is 23.4. The number of rotatable bonds is 8. The summed E-state index contributed by atoms with van der Waals surface area (Å²) in [5.74, 6) is -0.887. The first-order chi connectivity index (χ1) is 15.2. The van der Waals surface area contributed by atoms with Crippen molar-refractivity contribution in [1.29, 1.82) is 0 Å². The number of piperazine rings is 1. The van der Waals surface area contributed by atoms with Gasteiger partial charge in [-0.2, -0.15) is 4.31 Å². The molecule has 1 unspecified atom stereocenters. The van der Waals surface area contributed by atoms with E-state index in [0.29, 0.717) is 6.54 Å². The van der Waals surface area contributed by atoms with Crippen molar-refractivity contribution in [2.24, 2.45) is 0 Å².